The van der Waals surface area contributed by atoms with E-state index < -0.39 is 0 Å². The summed E-state index contributed by atoms with van der Waals surface area (Å²) in [4.78, 5) is 0. The fourth-order valence-electron chi connectivity index (χ4n) is 1.15. The van der Waals surface area contributed by atoms with Gasteiger partial charge < -0.3 is 5.32 Å². The molecule has 0 fully saturated rings. The number of nitrogens with one attached hydrogen (secondary N) is 1. The Morgan fingerprint density at radius 2 is 2.14 bits per heavy atom. The number of likely N-dealkylation sites (N-methyl/N-ethyl adjacent to an activating group) is 1. The van der Waals surface area contributed by atoms with E-state index in [0.717, 1.165) is 12.0 Å². The molecule has 74 valence electrons. The van der Waals surface area contributed by atoms with Crippen molar-refractivity contribution in [1.82, 2.24) is 5.32 Å². The van der Waals surface area contributed by atoms with Gasteiger partial charge in [0.25, 0.3) is 0 Å². The summed E-state index contributed by atoms with van der Waals surface area (Å²) in [5.41, 5.74) is 1.08. The highest BCUT2D eigenvalue weighted by molar-refractivity contribution is 6.42. The van der Waals surface area contributed by atoms with E-state index in [1.165, 1.54) is 0 Å². The Morgan fingerprint density at radius 1 is 1.43 bits per heavy atom. The van der Waals surface area contributed by atoms with E-state index in [1.54, 1.807) is 6.07 Å². The predicted molar refractivity (Wildman–Crippen MR) is 61.8 cm³/mol. The minimum atomic E-state index is 0.0345. The molecule has 0 saturated heterocycles. The predicted octanol–water partition coefficient (Wildman–Crippen LogP) is 2.76. The van der Waals surface area contributed by atoms with Gasteiger partial charge in [-0.05, 0) is 31.2 Å². The van der Waals surface area contributed by atoms with Crippen LogP contribution < -0.4 is 5.32 Å². The fourth-order valence-corrected chi connectivity index (χ4v) is 1.47. The molecule has 0 amide bonds. The van der Waals surface area contributed by atoms with E-state index in [4.69, 9.17) is 29.6 Å². The molecule has 1 nitrogen and oxygen atoms in total. The molecule has 1 N–H and O–H groups in total. The number of rotatable bonds is 3. The highest BCUT2D eigenvalue weighted by atomic mass is 35.5. The largest absolute Gasteiger partial charge is 0.306 e. The van der Waals surface area contributed by atoms with Crippen LogP contribution in [0.2, 0.25) is 10.0 Å². The van der Waals surface area contributed by atoms with Crippen molar-refractivity contribution in [3.63, 3.8) is 0 Å². The van der Waals surface area contributed by atoms with Crippen LogP contribution in [0.1, 0.15) is 5.56 Å². The standard InChI is InChI=1S/C11H11Cl2N/c1-3-9(14-2)6-8-4-5-10(12)11(13)7-8/h1,4-5,7,9,14H,6H2,2H3. The Bertz CT molecular complexity index is 355. The first-order valence-corrected chi connectivity index (χ1v) is 5.00. The molecule has 0 aliphatic heterocycles. The number of hydrogen-bond donors (Lipinski definition) is 1. The van der Waals surface area contributed by atoms with E-state index in [1.807, 2.05) is 19.2 Å². The Labute approximate surface area is 94.4 Å². The van der Waals surface area contributed by atoms with Gasteiger partial charge in [-0.2, -0.15) is 0 Å². The number of halogens is 2. The Kier molecular flexibility index (Phi) is 4.28. The first-order valence-electron chi connectivity index (χ1n) is 4.24. The summed E-state index contributed by atoms with van der Waals surface area (Å²) in [6.45, 7) is 0. The molecule has 0 bridgehead atoms. The van der Waals surface area contributed by atoms with Crippen LogP contribution in [0, 0.1) is 12.3 Å². The molecule has 1 aromatic carbocycles. The molecule has 0 aromatic heterocycles. The second-order valence-corrected chi connectivity index (χ2v) is 3.77. The molecule has 1 aromatic rings. The summed E-state index contributed by atoms with van der Waals surface area (Å²) < 4.78 is 0. The van der Waals surface area contributed by atoms with Gasteiger partial charge in [0.15, 0.2) is 0 Å². The second kappa shape index (κ2) is 5.26. The Morgan fingerprint density at radius 3 is 2.64 bits per heavy atom. The molecule has 1 rings (SSSR count). The van der Waals surface area contributed by atoms with E-state index in [0.29, 0.717) is 10.0 Å². The smallest absolute Gasteiger partial charge is 0.0725 e. The lowest BCUT2D eigenvalue weighted by molar-refractivity contribution is 0.683. The van der Waals surface area contributed by atoms with Crippen molar-refractivity contribution in [3.8, 4) is 12.3 Å². The minimum absolute atomic E-state index is 0.0345. The van der Waals surface area contributed by atoms with E-state index in [-0.39, 0.29) is 6.04 Å². The molecule has 14 heavy (non-hydrogen) atoms. The van der Waals surface area contributed by atoms with Crippen molar-refractivity contribution in [2.75, 3.05) is 7.05 Å². The van der Waals surface area contributed by atoms with Gasteiger partial charge in [-0.15, -0.1) is 6.42 Å². The van der Waals surface area contributed by atoms with E-state index >= 15 is 0 Å². The minimum Gasteiger partial charge on any atom is -0.306 e. The Balaban J connectivity index is 2.78. The molecule has 0 saturated carbocycles. The van der Waals surface area contributed by atoms with Gasteiger partial charge in [0.1, 0.15) is 0 Å². The fraction of sp³-hybridized carbons (Fsp3) is 0.273. The van der Waals surface area contributed by atoms with Gasteiger partial charge in [-0.1, -0.05) is 35.2 Å². The summed E-state index contributed by atoms with van der Waals surface area (Å²) >= 11 is 11.7. The second-order valence-electron chi connectivity index (χ2n) is 2.96. The zero-order chi connectivity index (χ0) is 10.6. The van der Waals surface area contributed by atoms with Crippen LogP contribution in [0.15, 0.2) is 18.2 Å². The van der Waals surface area contributed by atoms with Crippen LogP contribution in [-0.4, -0.2) is 13.1 Å². The van der Waals surface area contributed by atoms with Crippen LogP contribution in [0.4, 0.5) is 0 Å². The molecule has 3 heteroatoms. The van der Waals surface area contributed by atoms with Gasteiger partial charge in [0, 0.05) is 0 Å². The molecule has 0 heterocycles. The maximum atomic E-state index is 5.88. The van der Waals surface area contributed by atoms with Gasteiger partial charge in [-0.3, -0.25) is 0 Å². The zero-order valence-corrected chi connectivity index (χ0v) is 9.36. The van der Waals surface area contributed by atoms with Gasteiger partial charge in [0.05, 0.1) is 16.1 Å². The monoisotopic (exact) mass is 227 g/mol. The molecule has 0 spiro atoms. The summed E-state index contributed by atoms with van der Waals surface area (Å²) in [5.74, 6) is 2.65. The van der Waals surface area contributed by atoms with Crippen molar-refractivity contribution in [2.45, 2.75) is 12.5 Å². The van der Waals surface area contributed by atoms with Gasteiger partial charge in [0.2, 0.25) is 0 Å². The third-order valence-electron chi connectivity index (χ3n) is 1.97. The molecule has 1 atom stereocenters. The van der Waals surface area contributed by atoms with Crippen LogP contribution >= 0.6 is 23.2 Å². The first kappa shape index (κ1) is 11.4. The van der Waals surface area contributed by atoms with Crippen LogP contribution in [0.25, 0.3) is 0 Å². The van der Waals surface area contributed by atoms with Crippen molar-refractivity contribution >= 4 is 23.2 Å². The van der Waals surface area contributed by atoms with Crippen molar-refractivity contribution in [3.05, 3.63) is 33.8 Å². The molecular weight excluding hydrogens is 217 g/mol. The number of terminal acetylenes is 1. The molecule has 0 radical (unpaired) electrons. The lowest BCUT2D eigenvalue weighted by Crippen LogP contribution is -2.25. The van der Waals surface area contributed by atoms with Crippen molar-refractivity contribution in [2.24, 2.45) is 0 Å². The van der Waals surface area contributed by atoms with Crippen LogP contribution in [0.3, 0.4) is 0 Å². The quantitative estimate of drug-likeness (QED) is 0.784. The van der Waals surface area contributed by atoms with Gasteiger partial charge in [-0.25, -0.2) is 0 Å². The van der Waals surface area contributed by atoms with Crippen molar-refractivity contribution < 1.29 is 0 Å². The average Bonchev–Trinajstić information content (AvgIpc) is 2.19. The van der Waals surface area contributed by atoms with E-state index in [2.05, 4.69) is 11.2 Å². The lowest BCUT2D eigenvalue weighted by atomic mass is 10.1. The number of benzene rings is 1. The molecule has 1 unspecified atom stereocenters. The average molecular weight is 228 g/mol. The van der Waals surface area contributed by atoms with Crippen LogP contribution in [0.5, 0.6) is 0 Å². The van der Waals surface area contributed by atoms with E-state index in [9.17, 15) is 0 Å². The highest BCUT2D eigenvalue weighted by Crippen LogP contribution is 2.23. The zero-order valence-electron chi connectivity index (χ0n) is 7.85. The summed E-state index contributed by atoms with van der Waals surface area (Å²) in [6.07, 6.45) is 6.08. The third kappa shape index (κ3) is 2.92. The highest BCUT2D eigenvalue weighted by Gasteiger charge is 2.05. The first-order chi connectivity index (χ1) is 6.67. The lowest BCUT2D eigenvalue weighted by Gasteiger charge is -2.09. The molecule has 0 aliphatic carbocycles. The van der Waals surface area contributed by atoms with Crippen molar-refractivity contribution in [1.29, 1.82) is 0 Å². The molecular formula is C11H11Cl2N. The normalized spacial score (nSPS) is 12.1. The maximum absolute atomic E-state index is 5.88. The van der Waals surface area contributed by atoms with Crippen LogP contribution in [-0.2, 0) is 6.42 Å². The SMILES string of the molecule is C#CC(Cc1ccc(Cl)c(Cl)c1)NC. The summed E-state index contributed by atoms with van der Waals surface area (Å²) in [7, 11) is 1.84. The number of hydrogen-bond acceptors (Lipinski definition) is 1. The summed E-state index contributed by atoms with van der Waals surface area (Å²) in [6, 6.07) is 5.58. The third-order valence-corrected chi connectivity index (χ3v) is 2.71. The Hall–Kier alpha value is -0.680. The topological polar surface area (TPSA) is 12.0 Å². The van der Waals surface area contributed by atoms with Gasteiger partial charge >= 0.3 is 0 Å². The summed E-state index contributed by atoms with van der Waals surface area (Å²) in [5, 5.41) is 4.15. The maximum Gasteiger partial charge on any atom is 0.0725 e. The molecule has 0 aliphatic rings.